The summed E-state index contributed by atoms with van der Waals surface area (Å²) in [7, 11) is -3.51. The van der Waals surface area contributed by atoms with Gasteiger partial charge in [-0.05, 0) is 38.6 Å². The predicted molar refractivity (Wildman–Crippen MR) is 128 cm³/mol. The molecule has 1 unspecified atom stereocenters. The molecule has 0 aromatic heterocycles. The number of hydrogen-bond donors (Lipinski definition) is 1. The maximum absolute atomic E-state index is 12.9. The Morgan fingerprint density at radius 2 is 1.58 bits per heavy atom. The monoisotopic (exact) mass is 485 g/mol. The van der Waals surface area contributed by atoms with Crippen LogP contribution in [0.15, 0.2) is 0 Å². The van der Waals surface area contributed by atoms with Gasteiger partial charge in [0.15, 0.2) is 0 Å². The lowest BCUT2D eigenvalue weighted by atomic mass is 9.94. The van der Waals surface area contributed by atoms with Crippen molar-refractivity contribution in [1.82, 2.24) is 23.7 Å². The third kappa shape index (κ3) is 6.89. The Hall–Kier alpha value is -0.780. The van der Waals surface area contributed by atoms with Gasteiger partial charge in [0.05, 0.1) is 19.1 Å². The van der Waals surface area contributed by atoms with Gasteiger partial charge in [-0.2, -0.15) is 17.0 Å². The molecule has 4 rings (SSSR count). The van der Waals surface area contributed by atoms with Gasteiger partial charge in [-0.3, -0.25) is 9.69 Å². The van der Waals surface area contributed by atoms with Crippen LogP contribution < -0.4 is 5.32 Å². The topological polar surface area (TPSA) is 85.4 Å². The van der Waals surface area contributed by atoms with Crippen molar-refractivity contribution in [2.45, 2.75) is 57.4 Å². The van der Waals surface area contributed by atoms with Gasteiger partial charge in [-0.15, -0.1) is 0 Å². The average Bonchev–Trinajstić information content (AvgIpc) is 2.88. The standard InChI is InChI=1S/C23H43N5O4S/c29-23(21-6-4-11-28(20-21)33(30,31)27-16-18-32-19-17-27)24-9-5-10-25-12-14-26(15-13-25)22-7-2-1-3-8-22/h21-22H,1-20H2,(H,24,29). The summed E-state index contributed by atoms with van der Waals surface area (Å²) in [6, 6.07) is 0.808. The summed E-state index contributed by atoms with van der Waals surface area (Å²) >= 11 is 0. The summed E-state index contributed by atoms with van der Waals surface area (Å²) in [5.74, 6) is -0.257. The Bertz CT molecular complexity index is 716. The van der Waals surface area contributed by atoms with Crippen molar-refractivity contribution in [3.05, 3.63) is 0 Å². The molecule has 3 heterocycles. The molecule has 1 saturated carbocycles. The fraction of sp³-hybridized carbons (Fsp3) is 0.957. The number of ether oxygens (including phenoxy) is 1. The molecular formula is C23H43N5O4S. The number of piperidine rings is 1. The second kappa shape index (κ2) is 12.3. The first-order valence-electron chi connectivity index (χ1n) is 13.1. The molecule has 0 aromatic carbocycles. The quantitative estimate of drug-likeness (QED) is 0.511. The molecule has 4 fully saturated rings. The lowest BCUT2D eigenvalue weighted by Gasteiger charge is -2.40. The van der Waals surface area contributed by atoms with Gasteiger partial charge in [0.1, 0.15) is 0 Å². The number of rotatable bonds is 8. The van der Waals surface area contributed by atoms with Crippen LogP contribution in [0.4, 0.5) is 0 Å². The van der Waals surface area contributed by atoms with Crippen molar-refractivity contribution < 1.29 is 17.9 Å². The maximum atomic E-state index is 12.9. The average molecular weight is 486 g/mol. The summed E-state index contributed by atoms with van der Waals surface area (Å²) in [5, 5.41) is 3.07. The van der Waals surface area contributed by atoms with Crippen LogP contribution in [0.1, 0.15) is 51.4 Å². The highest BCUT2D eigenvalue weighted by atomic mass is 32.2. The fourth-order valence-corrected chi connectivity index (χ4v) is 7.43. The summed E-state index contributed by atoms with van der Waals surface area (Å²) < 4.78 is 34.1. The van der Waals surface area contributed by atoms with Crippen LogP contribution in [0, 0.1) is 5.92 Å². The zero-order valence-corrected chi connectivity index (χ0v) is 20.9. The number of piperazine rings is 1. The summed E-state index contributed by atoms with van der Waals surface area (Å²) in [5.41, 5.74) is 0. The first-order valence-corrected chi connectivity index (χ1v) is 14.5. The van der Waals surface area contributed by atoms with E-state index in [2.05, 4.69) is 15.1 Å². The molecule has 10 heteroatoms. The Morgan fingerprint density at radius 1 is 0.848 bits per heavy atom. The highest BCUT2D eigenvalue weighted by Crippen LogP contribution is 2.24. The van der Waals surface area contributed by atoms with E-state index in [1.165, 1.54) is 53.8 Å². The largest absolute Gasteiger partial charge is 0.379 e. The van der Waals surface area contributed by atoms with Crippen molar-refractivity contribution in [2.75, 3.05) is 78.7 Å². The lowest BCUT2D eigenvalue weighted by molar-refractivity contribution is -0.126. The maximum Gasteiger partial charge on any atom is 0.282 e. The molecule has 1 aliphatic carbocycles. The molecule has 0 spiro atoms. The molecule has 3 saturated heterocycles. The van der Waals surface area contributed by atoms with Crippen LogP contribution in [-0.4, -0.2) is 117 Å². The van der Waals surface area contributed by atoms with Crippen LogP contribution in [0.3, 0.4) is 0 Å². The molecule has 0 bridgehead atoms. The summed E-state index contributed by atoms with van der Waals surface area (Å²) in [4.78, 5) is 17.9. The fourth-order valence-electron chi connectivity index (χ4n) is 5.76. The Balaban J connectivity index is 1.13. The molecule has 1 N–H and O–H groups in total. The van der Waals surface area contributed by atoms with Gasteiger partial charge in [-0.1, -0.05) is 19.3 Å². The number of carbonyl (C=O) groups excluding carboxylic acids is 1. The SMILES string of the molecule is O=C(NCCCN1CCN(C2CCCCC2)CC1)C1CCCN(S(=O)(=O)N2CCOCC2)C1. The molecular weight excluding hydrogens is 442 g/mol. The van der Waals surface area contributed by atoms with Gasteiger partial charge in [-0.25, -0.2) is 0 Å². The Kier molecular flexibility index (Phi) is 9.41. The third-order valence-corrected chi connectivity index (χ3v) is 9.83. The van der Waals surface area contributed by atoms with E-state index >= 15 is 0 Å². The molecule has 3 aliphatic heterocycles. The Morgan fingerprint density at radius 3 is 2.30 bits per heavy atom. The molecule has 1 amide bonds. The predicted octanol–water partition coefficient (Wildman–Crippen LogP) is 0.732. The molecule has 0 radical (unpaired) electrons. The van der Waals surface area contributed by atoms with Gasteiger partial charge >= 0.3 is 0 Å². The van der Waals surface area contributed by atoms with Gasteiger partial charge < -0.3 is 15.0 Å². The molecule has 33 heavy (non-hydrogen) atoms. The Labute approximate surface area is 200 Å². The lowest BCUT2D eigenvalue weighted by Crippen LogP contribution is -2.53. The van der Waals surface area contributed by atoms with Crippen LogP contribution >= 0.6 is 0 Å². The van der Waals surface area contributed by atoms with Crippen molar-refractivity contribution >= 4 is 16.1 Å². The third-order valence-electron chi connectivity index (χ3n) is 7.83. The van der Waals surface area contributed by atoms with E-state index in [1.807, 2.05) is 0 Å². The first kappa shape index (κ1) is 25.3. The minimum atomic E-state index is -3.51. The summed E-state index contributed by atoms with van der Waals surface area (Å²) in [6.45, 7) is 8.72. The number of amides is 1. The van der Waals surface area contributed by atoms with Crippen molar-refractivity contribution in [3.63, 3.8) is 0 Å². The van der Waals surface area contributed by atoms with Crippen LogP contribution in [0.25, 0.3) is 0 Å². The molecule has 1 atom stereocenters. The normalized spacial score (nSPS) is 28.1. The number of nitrogens with one attached hydrogen (secondary N) is 1. The van der Waals surface area contributed by atoms with Crippen molar-refractivity contribution in [1.29, 1.82) is 0 Å². The molecule has 190 valence electrons. The van der Waals surface area contributed by atoms with E-state index in [4.69, 9.17) is 4.74 Å². The van der Waals surface area contributed by atoms with E-state index in [9.17, 15) is 13.2 Å². The number of nitrogens with zero attached hydrogens (tertiary/aromatic N) is 4. The first-order chi connectivity index (χ1) is 16.0. The number of hydrogen-bond acceptors (Lipinski definition) is 6. The zero-order valence-electron chi connectivity index (χ0n) is 20.1. The summed E-state index contributed by atoms with van der Waals surface area (Å²) in [6.07, 6.45) is 9.36. The minimum Gasteiger partial charge on any atom is -0.379 e. The molecule has 0 aromatic rings. The highest BCUT2D eigenvalue weighted by Gasteiger charge is 2.36. The van der Waals surface area contributed by atoms with Crippen LogP contribution in [0.2, 0.25) is 0 Å². The zero-order chi connectivity index (χ0) is 23.1. The van der Waals surface area contributed by atoms with Gasteiger partial charge in [0.25, 0.3) is 10.2 Å². The van der Waals surface area contributed by atoms with Crippen molar-refractivity contribution in [3.8, 4) is 0 Å². The van der Waals surface area contributed by atoms with E-state index in [-0.39, 0.29) is 18.4 Å². The minimum absolute atomic E-state index is 0.000930. The van der Waals surface area contributed by atoms with Crippen LogP contribution in [0.5, 0.6) is 0 Å². The van der Waals surface area contributed by atoms with Crippen LogP contribution in [-0.2, 0) is 19.7 Å². The van der Waals surface area contributed by atoms with E-state index < -0.39 is 10.2 Å². The highest BCUT2D eigenvalue weighted by molar-refractivity contribution is 7.86. The second-order valence-corrected chi connectivity index (χ2v) is 12.0. The van der Waals surface area contributed by atoms with Crippen molar-refractivity contribution in [2.24, 2.45) is 5.92 Å². The molecule has 9 nitrogen and oxygen atoms in total. The van der Waals surface area contributed by atoms with E-state index in [0.29, 0.717) is 39.4 Å². The second-order valence-electron chi connectivity index (χ2n) is 10.0. The number of carbonyl (C=O) groups is 1. The smallest absolute Gasteiger partial charge is 0.282 e. The van der Waals surface area contributed by atoms with E-state index in [1.54, 1.807) is 0 Å². The number of morpholine rings is 1. The van der Waals surface area contributed by atoms with Gasteiger partial charge in [0, 0.05) is 64.9 Å². The molecule has 4 aliphatic rings. The van der Waals surface area contributed by atoms with E-state index in [0.717, 1.165) is 44.9 Å². The van der Waals surface area contributed by atoms with Gasteiger partial charge in [0.2, 0.25) is 5.91 Å².